The van der Waals surface area contributed by atoms with Crippen LogP contribution in [-0.4, -0.2) is 27.3 Å². The van der Waals surface area contributed by atoms with Gasteiger partial charge in [0.05, 0.1) is 11.6 Å². The molecule has 1 rings (SSSR count). The van der Waals surface area contributed by atoms with Gasteiger partial charge in [-0.1, -0.05) is 0 Å². The van der Waals surface area contributed by atoms with Gasteiger partial charge >= 0.3 is 0 Å². The first-order valence-electron chi connectivity index (χ1n) is 5.20. The summed E-state index contributed by atoms with van der Waals surface area (Å²) in [5.74, 6) is 0.920. The van der Waals surface area contributed by atoms with Crippen molar-refractivity contribution in [3.63, 3.8) is 0 Å². The molecule has 1 unspecified atom stereocenters. The minimum Gasteiger partial charge on any atom is -0.424 e. The maximum Gasteiger partial charge on any atom is 0.233 e. The van der Waals surface area contributed by atoms with Crippen molar-refractivity contribution in [2.24, 2.45) is 0 Å². The molecule has 2 atom stereocenters. The lowest BCUT2D eigenvalue weighted by Crippen LogP contribution is -2.39. The first-order valence-corrected chi connectivity index (χ1v) is 5.20. The van der Waals surface area contributed by atoms with E-state index in [-0.39, 0.29) is 6.04 Å². The molecule has 1 aromatic heterocycles. The predicted molar refractivity (Wildman–Crippen MR) is 57.4 cm³/mol. The molecular weight excluding hydrogens is 210 g/mol. The number of hydrogen-bond acceptors (Lipinski definition) is 6. The summed E-state index contributed by atoms with van der Waals surface area (Å²) < 4.78 is 10.5. The molecule has 0 aliphatic carbocycles. The molecular formula is C10H19N3O3. The van der Waals surface area contributed by atoms with E-state index in [9.17, 15) is 5.11 Å². The van der Waals surface area contributed by atoms with Crippen LogP contribution in [0.1, 0.15) is 45.5 Å². The Kier molecular flexibility index (Phi) is 4.01. The van der Waals surface area contributed by atoms with E-state index in [1.807, 2.05) is 27.7 Å². The zero-order chi connectivity index (χ0) is 12.3. The number of rotatable bonds is 4. The van der Waals surface area contributed by atoms with Gasteiger partial charge in [-0.3, -0.25) is 5.32 Å². The van der Waals surface area contributed by atoms with Gasteiger partial charge < -0.3 is 14.3 Å². The van der Waals surface area contributed by atoms with E-state index in [0.29, 0.717) is 11.8 Å². The van der Waals surface area contributed by atoms with Crippen molar-refractivity contribution >= 4 is 0 Å². The van der Waals surface area contributed by atoms with Crippen LogP contribution in [0.4, 0.5) is 0 Å². The summed E-state index contributed by atoms with van der Waals surface area (Å²) in [7, 11) is 0. The largest absolute Gasteiger partial charge is 0.424 e. The number of nitrogens with one attached hydrogen (secondary N) is 1. The summed E-state index contributed by atoms with van der Waals surface area (Å²) in [6, 6.07) is -0.265. The number of aromatic nitrogens is 2. The maximum atomic E-state index is 9.60. The van der Waals surface area contributed by atoms with Crippen LogP contribution in [0.2, 0.25) is 0 Å². The Morgan fingerprint density at radius 3 is 2.44 bits per heavy atom. The lowest BCUT2D eigenvalue weighted by molar-refractivity contribution is -0.186. The molecule has 6 heteroatoms. The smallest absolute Gasteiger partial charge is 0.233 e. The van der Waals surface area contributed by atoms with Gasteiger partial charge in [0.25, 0.3) is 0 Å². The zero-order valence-corrected chi connectivity index (χ0v) is 10.3. The molecule has 92 valence electrons. The summed E-state index contributed by atoms with van der Waals surface area (Å²) in [4.78, 5) is 0. The van der Waals surface area contributed by atoms with Crippen LogP contribution in [0, 0.1) is 6.92 Å². The Hall–Kier alpha value is -0.980. The summed E-state index contributed by atoms with van der Waals surface area (Å²) in [5.41, 5.74) is -0.420. The van der Waals surface area contributed by atoms with Crippen LogP contribution in [-0.2, 0) is 4.74 Å². The van der Waals surface area contributed by atoms with E-state index in [2.05, 4.69) is 15.5 Å². The first-order chi connectivity index (χ1) is 7.28. The third kappa shape index (κ3) is 4.26. The highest BCUT2D eigenvalue weighted by molar-refractivity contribution is 4.86. The number of nitrogens with zero attached hydrogens (tertiary/aromatic N) is 2. The Balaban J connectivity index is 2.48. The molecule has 1 aromatic rings. The maximum absolute atomic E-state index is 9.60. The molecule has 0 amide bonds. The van der Waals surface area contributed by atoms with Crippen LogP contribution in [0.15, 0.2) is 4.42 Å². The third-order valence-electron chi connectivity index (χ3n) is 1.77. The molecule has 0 aliphatic rings. The van der Waals surface area contributed by atoms with Gasteiger partial charge in [0, 0.05) is 6.92 Å². The first kappa shape index (κ1) is 13.1. The second-order valence-corrected chi connectivity index (χ2v) is 4.63. The SMILES string of the molecule is Cc1nnc([C@@H](C)NC(O)OC(C)(C)C)o1. The highest BCUT2D eigenvalue weighted by Gasteiger charge is 2.20. The topological polar surface area (TPSA) is 80.4 Å². The summed E-state index contributed by atoms with van der Waals surface area (Å²) in [5, 5.41) is 20.0. The fourth-order valence-corrected chi connectivity index (χ4v) is 1.14. The molecule has 0 spiro atoms. The second-order valence-electron chi connectivity index (χ2n) is 4.63. The molecule has 0 fully saturated rings. The summed E-state index contributed by atoms with van der Waals surface area (Å²) >= 11 is 0. The van der Waals surface area contributed by atoms with Crippen LogP contribution >= 0.6 is 0 Å². The molecule has 1 heterocycles. The van der Waals surface area contributed by atoms with Crippen LogP contribution in [0.25, 0.3) is 0 Å². The van der Waals surface area contributed by atoms with E-state index >= 15 is 0 Å². The van der Waals surface area contributed by atoms with Crippen molar-refractivity contribution in [3.05, 3.63) is 11.8 Å². The van der Waals surface area contributed by atoms with Gasteiger partial charge in [0.15, 0.2) is 0 Å². The average Bonchev–Trinajstić information content (AvgIpc) is 2.47. The molecule has 0 bridgehead atoms. The van der Waals surface area contributed by atoms with Crippen LogP contribution in [0.3, 0.4) is 0 Å². The number of hydrogen-bond donors (Lipinski definition) is 2. The van der Waals surface area contributed by atoms with E-state index < -0.39 is 12.0 Å². The standard InChI is InChI=1S/C10H19N3O3/c1-6(8-13-12-7(2)15-8)11-9(14)16-10(3,4)5/h6,9,11,14H,1-5H3/t6-,9?/m1/s1. The number of aryl methyl sites for hydroxylation is 1. The molecule has 0 saturated carbocycles. The van der Waals surface area contributed by atoms with Gasteiger partial charge in [0.1, 0.15) is 0 Å². The minimum absolute atomic E-state index is 0.265. The Morgan fingerprint density at radius 2 is 2.00 bits per heavy atom. The monoisotopic (exact) mass is 229 g/mol. The van der Waals surface area contributed by atoms with Crippen molar-refractivity contribution < 1.29 is 14.3 Å². The van der Waals surface area contributed by atoms with E-state index in [0.717, 1.165) is 0 Å². The average molecular weight is 229 g/mol. The molecule has 0 radical (unpaired) electrons. The van der Waals surface area contributed by atoms with E-state index in [1.165, 1.54) is 0 Å². The number of aliphatic hydroxyl groups is 1. The Bertz CT molecular complexity index is 332. The zero-order valence-electron chi connectivity index (χ0n) is 10.3. The Labute approximate surface area is 95.0 Å². The van der Waals surface area contributed by atoms with Crippen LogP contribution in [0.5, 0.6) is 0 Å². The van der Waals surface area contributed by atoms with Gasteiger partial charge in [-0.05, 0) is 27.7 Å². The Morgan fingerprint density at radius 1 is 1.38 bits per heavy atom. The molecule has 0 aromatic carbocycles. The normalized spacial score (nSPS) is 16.1. The van der Waals surface area contributed by atoms with Crippen LogP contribution < -0.4 is 5.32 Å². The summed E-state index contributed by atoms with van der Waals surface area (Å²) in [6.45, 7) is 9.10. The fraction of sp³-hybridized carbons (Fsp3) is 0.800. The molecule has 6 nitrogen and oxygen atoms in total. The van der Waals surface area contributed by atoms with E-state index in [1.54, 1.807) is 6.92 Å². The number of aliphatic hydroxyl groups excluding tert-OH is 1. The fourth-order valence-electron chi connectivity index (χ4n) is 1.14. The third-order valence-corrected chi connectivity index (χ3v) is 1.77. The van der Waals surface area contributed by atoms with Gasteiger partial charge in [-0.25, -0.2) is 0 Å². The lowest BCUT2D eigenvalue weighted by atomic mass is 10.2. The van der Waals surface area contributed by atoms with Crippen molar-refractivity contribution in [2.45, 2.75) is 52.7 Å². The van der Waals surface area contributed by atoms with Crippen molar-refractivity contribution in [2.75, 3.05) is 0 Å². The quantitative estimate of drug-likeness (QED) is 0.753. The van der Waals surface area contributed by atoms with Crippen molar-refractivity contribution in [3.8, 4) is 0 Å². The molecule has 0 aliphatic heterocycles. The van der Waals surface area contributed by atoms with Gasteiger partial charge in [-0.2, -0.15) is 0 Å². The van der Waals surface area contributed by atoms with Crippen molar-refractivity contribution in [1.82, 2.24) is 15.5 Å². The highest BCUT2D eigenvalue weighted by Crippen LogP contribution is 2.13. The van der Waals surface area contributed by atoms with Gasteiger partial charge in [0.2, 0.25) is 18.2 Å². The second kappa shape index (κ2) is 4.90. The van der Waals surface area contributed by atoms with E-state index in [4.69, 9.17) is 9.15 Å². The highest BCUT2D eigenvalue weighted by atomic mass is 16.6. The molecule has 16 heavy (non-hydrogen) atoms. The molecule has 0 saturated heterocycles. The number of ether oxygens (including phenoxy) is 1. The lowest BCUT2D eigenvalue weighted by Gasteiger charge is -2.25. The predicted octanol–water partition coefficient (Wildman–Crippen LogP) is 1.12. The minimum atomic E-state index is -1.07. The van der Waals surface area contributed by atoms with Crippen molar-refractivity contribution in [1.29, 1.82) is 0 Å². The molecule has 2 N–H and O–H groups in total. The van der Waals surface area contributed by atoms with Gasteiger partial charge in [-0.15, -0.1) is 10.2 Å². The summed E-state index contributed by atoms with van der Waals surface area (Å²) in [6.07, 6.45) is -1.07.